The summed E-state index contributed by atoms with van der Waals surface area (Å²) >= 11 is 1.85. The number of pyridine rings is 1. The van der Waals surface area contributed by atoms with E-state index in [0.29, 0.717) is 5.82 Å². The van der Waals surface area contributed by atoms with E-state index in [-0.39, 0.29) is 0 Å². The Morgan fingerprint density at radius 3 is 1.77 bits per heavy atom. The maximum absolute atomic E-state index is 5.30. The van der Waals surface area contributed by atoms with E-state index in [1.54, 1.807) is 0 Å². The van der Waals surface area contributed by atoms with Crippen molar-refractivity contribution in [2.24, 2.45) is 0 Å². The van der Waals surface area contributed by atoms with Gasteiger partial charge in [-0.05, 0) is 18.2 Å². The molecule has 0 amide bonds. The molecule has 0 aliphatic rings. The fraction of sp³-hybridized carbons (Fsp3) is 0. The molecule has 11 aromatic rings. The second-order valence-corrected chi connectivity index (χ2v) is 14.2. The van der Waals surface area contributed by atoms with Crippen LogP contribution in [0.3, 0.4) is 0 Å². The molecule has 11 rings (SSSR count). The minimum atomic E-state index is 0.697. The smallest absolute Gasteiger partial charge is 0.162 e. The van der Waals surface area contributed by atoms with Crippen LogP contribution in [-0.2, 0) is 0 Å². The normalized spacial score (nSPS) is 11.8. The predicted octanol–water partition coefficient (Wildman–Crippen LogP) is 12.6. The van der Waals surface area contributed by atoms with Crippen LogP contribution in [0.25, 0.3) is 103 Å². The van der Waals surface area contributed by atoms with Crippen molar-refractivity contribution in [2.75, 3.05) is 0 Å². The van der Waals surface area contributed by atoms with Gasteiger partial charge in [0.05, 0.1) is 27.9 Å². The number of para-hydroxylation sites is 3. The molecule has 0 unspecified atom stereocenters. The van der Waals surface area contributed by atoms with Crippen molar-refractivity contribution in [3.63, 3.8) is 0 Å². The minimum absolute atomic E-state index is 0.697. The summed E-state index contributed by atoms with van der Waals surface area (Å²) < 4.78 is 4.75. The van der Waals surface area contributed by atoms with Crippen molar-refractivity contribution >= 4 is 75.0 Å². The number of hydrogen-bond donors (Lipinski definition) is 0. The molecule has 0 atom stereocenters. The second-order valence-electron chi connectivity index (χ2n) is 13.2. The molecule has 4 nitrogen and oxygen atoms in total. The fourth-order valence-corrected chi connectivity index (χ4v) is 9.26. The summed E-state index contributed by atoms with van der Waals surface area (Å²) in [4.78, 5) is 15.8. The SMILES string of the molecule is c1ccc(-c2nc(-c3cccc4c3sc3c4ccc4c(-c5ccccc5)nc5ccccc5c43)cc(-n3c4ccccc4c4ccccc43)n2)cc1. The molecule has 0 fully saturated rings. The van der Waals surface area contributed by atoms with Gasteiger partial charge in [0.25, 0.3) is 0 Å². The standard InChI is InChI=1S/C47H28N4S/c1-3-14-29(15-4-1)44-37-27-26-34-33-21-13-22-36(45(33)52-46(34)43(37)35-20-7-10-23-38(35)48-44)39-28-42(50-47(49-39)30-16-5-2-6-17-30)51-40-24-11-8-18-31(40)32-19-9-12-25-41(32)51/h1-28H. The summed E-state index contributed by atoms with van der Waals surface area (Å²) in [6, 6.07) is 59.8. The molecule has 52 heavy (non-hydrogen) atoms. The van der Waals surface area contributed by atoms with Crippen LogP contribution in [0, 0.1) is 0 Å². The summed E-state index contributed by atoms with van der Waals surface area (Å²) in [7, 11) is 0. The predicted molar refractivity (Wildman–Crippen MR) is 218 cm³/mol. The average Bonchev–Trinajstić information content (AvgIpc) is 3.77. The highest BCUT2D eigenvalue weighted by molar-refractivity contribution is 7.27. The van der Waals surface area contributed by atoms with Crippen LogP contribution >= 0.6 is 11.3 Å². The Hall–Kier alpha value is -6.69. The topological polar surface area (TPSA) is 43.6 Å². The van der Waals surface area contributed by atoms with Gasteiger partial charge in [-0.1, -0.05) is 146 Å². The molecule has 4 aromatic heterocycles. The Labute approximate surface area is 302 Å². The summed E-state index contributed by atoms with van der Waals surface area (Å²) in [5, 5.41) is 8.44. The van der Waals surface area contributed by atoms with E-state index in [0.717, 1.165) is 61.2 Å². The largest absolute Gasteiger partial charge is 0.294 e. The number of aromatic nitrogens is 4. The molecular weight excluding hydrogens is 653 g/mol. The lowest BCUT2D eigenvalue weighted by molar-refractivity contribution is 1.05. The molecule has 0 saturated carbocycles. The molecule has 4 heterocycles. The molecule has 7 aromatic carbocycles. The zero-order valence-electron chi connectivity index (χ0n) is 27.9. The Balaban J connectivity index is 1.22. The molecule has 0 radical (unpaired) electrons. The quantitative estimate of drug-likeness (QED) is 0.174. The van der Waals surface area contributed by atoms with E-state index >= 15 is 0 Å². The van der Waals surface area contributed by atoms with E-state index in [1.165, 1.54) is 36.3 Å². The van der Waals surface area contributed by atoms with Crippen LogP contribution in [0.1, 0.15) is 0 Å². The van der Waals surface area contributed by atoms with E-state index in [4.69, 9.17) is 15.0 Å². The van der Waals surface area contributed by atoms with Gasteiger partial charge < -0.3 is 0 Å². The molecule has 0 bridgehead atoms. The molecule has 242 valence electrons. The van der Waals surface area contributed by atoms with Crippen molar-refractivity contribution in [1.29, 1.82) is 0 Å². The van der Waals surface area contributed by atoms with Crippen molar-refractivity contribution < 1.29 is 0 Å². The lowest BCUT2D eigenvalue weighted by atomic mass is 9.97. The van der Waals surface area contributed by atoms with E-state index in [1.807, 2.05) is 29.5 Å². The van der Waals surface area contributed by atoms with Crippen LogP contribution in [0.5, 0.6) is 0 Å². The van der Waals surface area contributed by atoms with Gasteiger partial charge in [0.2, 0.25) is 0 Å². The number of benzene rings is 7. The lowest BCUT2D eigenvalue weighted by Gasteiger charge is -2.12. The molecule has 0 spiro atoms. The summed E-state index contributed by atoms with van der Waals surface area (Å²) in [6.07, 6.45) is 0. The second kappa shape index (κ2) is 11.4. The van der Waals surface area contributed by atoms with Gasteiger partial charge in [-0.2, -0.15) is 0 Å². The van der Waals surface area contributed by atoms with Crippen molar-refractivity contribution in [3.8, 4) is 39.7 Å². The van der Waals surface area contributed by atoms with Crippen LogP contribution in [0.2, 0.25) is 0 Å². The average molecular weight is 681 g/mol. The highest BCUT2D eigenvalue weighted by Gasteiger charge is 2.20. The maximum Gasteiger partial charge on any atom is 0.162 e. The monoisotopic (exact) mass is 680 g/mol. The van der Waals surface area contributed by atoms with Gasteiger partial charge >= 0.3 is 0 Å². The van der Waals surface area contributed by atoms with Crippen LogP contribution in [0.15, 0.2) is 170 Å². The third kappa shape index (κ3) is 4.36. The first-order valence-electron chi connectivity index (χ1n) is 17.5. The third-order valence-corrected chi connectivity index (χ3v) is 11.5. The minimum Gasteiger partial charge on any atom is -0.294 e. The molecular formula is C47H28N4S. The van der Waals surface area contributed by atoms with Crippen molar-refractivity contribution in [2.45, 2.75) is 0 Å². The lowest BCUT2D eigenvalue weighted by Crippen LogP contribution is -2.02. The number of fused-ring (bicyclic) bond motifs is 10. The van der Waals surface area contributed by atoms with Gasteiger partial charge in [0.1, 0.15) is 5.82 Å². The molecule has 0 N–H and O–H groups in total. The Bertz CT molecular complexity index is 3130. The van der Waals surface area contributed by atoms with Gasteiger partial charge in [0.15, 0.2) is 5.82 Å². The van der Waals surface area contributed by atoms with Gasteiger partial charge in [-0.15, -0.1) is 11.3 Å². The van der Waals surface area contributed by atoms with Gasteiger partial charge in [-0.25, -0.2) is 15.0 Å². The summed E-state index contributed by atoms with van der Waals surface area (Å²) in [5.41, 5.74) is 8.33. The first-order chi connectivity index (χ1) is 25.8. The molecule has 0 saturated heterocycles. The fourth-order valence-electron chi connectivity index (χ4n) is 7.88. The van der Waals surface area contributed by atoms with E-state index in [2.05, 4.69) is 156 Å². The molecule has 0 aliphatic carbocycles. The van der Waals surface area contributed by atoms with Crippen LogP contribution < -0.4 is 0 Å². The zero-order chi connectivity index (χ0) is 34.2. The van der Waals surface area contributed by atoms with Crippen molar-refractivity contribution in [1.82, 2.24) is 19.5 Å². The Morgan fingerprint density at radius 2 is 1.02 bits per heavy atom. The number of thiophene rings is 1. The Kier molecular flexibility index (Phi) is 6.39. The maximum atomic E-state index is 5.30. The van der Waals surface area contributed by atoms with Gasteiger partial charge in [0, 0.05) is 69.9 Å². The highest BCUT2D eigenvalue weighted by atomic mass is 32.1. The zero-order valence-corrected chi connectivity index (χ0v) is 28.7. The van der Waals surface area contributed by atoms with E-state index in [9.17, 15) is 0 Å². The summed E-state index contributed by atoms with van der Waals surface area (Å²) in [6.45, 7) is 0. The molecule has 5 heteroatoms. The van der Waals surface area contributed by atoms with Gasteiger partial charge in [-0.3, -0.25) is 4.57 Å². The van der Waals surface area contributed by atoms with Crippen molar-refractivity contribution in [3.05, 3.63) is 170 Å². The van der Waals surface area contributed by atoms with Crippen LogP contribution in [0.4, 0.5) is 0 Å². The number of rotatable bonds is 4. The summed E-state index contributed by atoms with van der Waals surface area (Å²) in [5.74, 6) is 1.54. The van der Waals surface area contributed by atoms with Crippen LogP contribution in [-0.4, -0.2) is 19.5 Å². The Morgan fingerprint density at radius 1 is 0.423 bits per heavy atom. The number of hydrogen-bond acceptors (Lipinski definition) is 4. The first kappa shape index (κ1) is 29.1. The third-order valence-electron chi connectivity index (χ3n) is 10.2. The van der Waals surface area contributed by atoms with E-state index < -0.39 is 0 Å². The highest BCUT2D eigenvalue weighted by Crippen LogP contribution is 2.46. The first-order valence-corrected chi connectivity index (χ1v) is 18.3. The molecule has 0 aliphatic heterocycles. The number of nitrogens with zero attached hydrogens (tertiary/aromatic N) is 4.